The lowest BCUT2D eigenvalue weighted by Crippen LogP contribution is -2.46. The lowest BCUT2D eigenvalue weighted by atomic mass is 10.1. The molecule has 0 spiro atoms. The van der Waals surface area contributed by atoms with Crippen LogP contribution in [0.3, 0.4) is 0 Å². The van der Waals surface area contributed by atoms with Crippen molar-refractivity contribution < 1.29 is 14.4 Å². The maximum atomic E-state index is 12.7. The van der Waals surface area contributed by atoms with Crippen LogP contribution in [0.4, 0.5) is 0 Å². The molecule has 0 bridgehead atoms. The number of likely N-dealkylation sites (tertiary alicyclic amines) is 1. The van der Waals surface area contributed by atoms with Crippen LogP contribution in [0.25, 0.3) is 0 Å². The van der Waals surface area contributed by atoms with Crippen molar-refractivity contribution in [2.75, 3.05) is 13.1 Å². The van der Waals surface area contributed by atoms with Crippen LogP contribution in [0.15, 0.2) is 85.3 Å². The van der Waals surface area contributed by atoms with Gasteiger partial charge in [-0.05, 0) is 76.3 Å². The Labute approximate surface area is 254 Å². The van der Waals surface area contributed by atoms with E-state index < -0.39 is 6.04 Å². The SMILES string of the molecule is CC/C=C\C/C=C\C/C=C\C/C=C\C/C=C\CCCC(=O)CCCNC(=O)C1CCCN1C(=O)c1cccnc1.S. The summed E-state index contributed by atoms with van der Waals surface area (Å²) in [6.45, 7) is 3.17. The summed E-state index contributed by atoms with van der Waals surface area (Å²) in [5, 5.41) is 2.91. The molecule has 1 saturated heterocycles. The summed E-state index contributed by atoms with van der Waals surface area (Å²) in [6, 6.07) is 2.99. The van der Waals surface area contributed by atoms with E-state index in [1.807, 2.05) is 0 Å². The highest BCUT2D eigenvalue weighted by Gasteiger charge is 2.34. The predicted molar refractivity (Wildman–Crippen MR) is 174 cm³/mol. The number of rotatable bonds is 19. The van der Waals surface area contributed by atoms with Crippen molar-refractivity contribution in [2.45, 2.75) is 90.0 Å². The van der Waals surface area contributed by atoms with E-state index in [1.165, 1.54) is 6.20 Å². The Morgan fingerprint density at radius 1 is 0.902 bits per heavy atom. The average molecular weight is 580 g/mol. The number of nitrogens with one attached hydrogen (secondary N) is 1. The minimum absolute atomic E-state index is 0. The summed E-state index contributed by atoms with van der Waals surface area (Å²) in [5.74, 6) is -0.0649. The van der Waals surface area contributed by atoms with Gasteiger partial charge in [0.05, 0.1) is 5.56 Å². The Morgan fingerprint density at radius 3 is 2.12 bits per heavy atom. The van der Waals surface area contributed by atoms with Crippen LogP contribution in [-0.4, -0.2) is 46.6 Å². The summed E-state index contributed by atoms with van der Waals surface area (Å²) in [7, 11) is 0. The zero-order chi connectivity index (χ0) is 28.7. The summed E-state index contributed by atoms with van der Waals surface area (Å²) < 4.78 is 0. The number of pyridine rings is 1. The first-order valence-corrected chi connectivity index (χ1v) is 14.9. The standard InChI is InChI=1S/C34H47N3O3.H2S/c1-2-3-4-5-6-7-8-9-10-11-12-13-14-15-16-17-18-23-31(38)24-20-27-36-33(39)32-25-21-28-37(32)34(40)30-22-19-26-35-29-30;/h3-4,6-7,9-10,12-13,15-16,19,22,26,29,32H,2,5,8,11,14,17-18,20-21,23-25,27-28H2,1H3,(H,36,39);1H2/b4-3-,7-6-,10-9-,13-12-,16-15-;. The molecule has 1 aliphatic rings. The van der Waals surface area contributed by atoms with E-state index in [0.29, 0.717) is 44.3 Å². The largest absolute Gasteiger partial charge is 0.354 e. The summed E-state index contributed by atoms with van der Waals surface area (Å²) >= 11 is 0. The van der Waals surface area contributed by atoms with Crippen LogP contribution in [0.1, 0.15) is 94.3 Å². The summed E-state index contributed by atoms with van der Waals surface area (Å²) in [4.78, 5) is 43.2. The Balaban J connectivity index is 0.00000840. The lowest BCUT2D eigenvalue weighted by Gasteiger charge is -2.24. The van der Waals surface area contributed by atoms with Gasteiger partial charge in [-0.1, -0.05) is 67.7 Å². The van der Waals surface area contributed by atoms with Crippen LogP contribution in [0.2, 0.25) is 0 Å². The number of nitrogens with zero attached hydrogens (tertiary/aromatic N) is 2. The second kappa shape index (κ2) is 23.5. The van der Waals surface area contributed by atoms with Crippen molar-refractivity contribution in [3.63, 3.8) is 0 Å². The number of Topliss-reactive ketones (excluding diaryl/α,β-unsaturated/α-hetero) is 1. The molecule has 1 aromatic heterocycles. The molecular weight excluding hydrogens is 530 g/mol. The highest BCUT2D eigenvalue weighted by Crippen LogP contribution is 2.20. The Morgan fingerprint density at radius 2 is 1.51 bits per heavy atom. The molecule has 2 heterocycles. The molecule has 0 radical (unpaired) electrons. The molecule has 6 nitrogen and oxygen atoms in total. The number of aromatic nitrogens is 1. The number of allylic oxidation sites excluding steroid dienone is 10. The normalized spacial score (nSPS) is 15.5. The summed E-state index contributed by atoms with van der Waals surface area (Å²) in [6.07, 6.45) is 34.8. The molecular formula is C34H49N3O3S. The number of amides is 2. The van der Waals surface area contributed by atoms with E-state index in [-0.39, 0.29) is 31.1 Å². The predicted octanol–water partition coefficient (Wildman–Crippen LogP) is 7.19. The molecule has 41 heavy (non-hydrogen) atoms. The number of carbonyl (C=O) groups is 3. The van der Waals surface area contributed by atoms with Crippen LogP contribution in [-0.2, 0) is 9.59 Å². The Bertz CT molecular complexity index is 1030. The van der Waals surface area contributed by atoms with E-state index in [1.54, 1.807) is 23.2 Å². The molecule has 1 aromatic rings. The molecule has 1 aliphatic heterocycles. The third-order valence-corrected chi connectivity index (χ3v) is 6.64. The third kappa shape index (κ3) is 16.0. The molecule has 0 aromatic carbocycles. The van der Waals surface area contributed by atoms with Crippen molar-refractivity contribution >= 4 is 31.1 Å². The number of carbonyl (C=O) groups excluding carboxylic acids is 3. The third-order valence-electron chi connectivity index (χ3n) is 6.64. The monoisotopic (exact) mass is 579 g/mol. The lowest BCUT2D eigenvalue weighted by molar-refractivity contribution is -0.125. The van der Waals surface area contributed by atoms with Gasteiger partial charge in [-0.3, -0.25) is 19.4 Å². The first-order valence-electron chi connectivity index (χ1n) is 14.9. The number of unbranched alkanes of at least 4 members (excludes halogenated alkanes) is 1. The number of hydrogen-bond acceptors (Lipinski definition) is 4. The Hall–Kier alpha value is -3.19. The zero-order valence-corrected chi connectivity index (χ0v) is 25.7. The van der Waals surface area contributed by atoms with Crippen LogP contribution in [0, 0.1) is 0 Å². The molecule has 1 unspecified atom stereocenters. The zero-order valence-electron chi connectivity index (χ0n) is 24.7. The highest BCUT2D eigenvalue weighted by atomic mass is 32.1. The van der Waals surface area contributed by atoms with Gasteiger partial charge in [0.1, 0.15) is 11.8 Å². The fourth-order valence-corrected chi connectivity index (χ4v) is 4.46. The topological polar surface area (TPSA) is 79.4 Å². The van der Waals surface area contributed by atoms with Gasteiger partial charge in [-0.2, -0.15) is 13.5 Å². The van der Waals surface area contributed by atoms with Gasteiger partial charge in [0, 0.05) is 38.3 Å². The maximum absolute atomic E-state index is 12.7. The number of hydrogen-bond donors (Lipinski definition) is 1. The van der Waals surface area contributed by atoms with Crippen molar-refractivity contribution in [1.82, 2.24) is 15.2 Å². The fraction of sp³-hybridized carbons (Fsp3) is 0.471. The van der Waals surface area contributed by atoms with Gasteiger partial charge in [-0.25, -0.2) is 0 Å². The molecule has 0 saturated carbocycles. The van der Waals surface area contributed by atoms with Crippen LogP contribution >= 0.6 is 13.5 Å². The van der Waals surface area contributed by atoms with Gasteiger partial charge >= 0.3 is 0 Å². The Kier molecular flexibility index (Phi) is 20.5. The van der Waals surface area contributed by atoms with Crippen LogP contribution in [0.5, 0.6) is 0 Å². The maximum Gasteiger partial charge on any atom is 0.256 e. The average Bonchev–Trinajstić information content (AvgIpc) is 3.47. The second-order valence-corrected chi connectivity index (χ2v) is 9.93. The number of ketones is 1. The molecule has 1 fully saturated rings. The molecule has 7 heteroatoms. The van der Waals surface area contributed by atoms with Crippen LogP contribution < -0.4 is 5.32 Å². The smallest absolute Gasteiger partial charge is 0.256 e. The fourth-order valence-electron chi connectivity index (χ4n) is 4.46. The van der Waals surface area contributed by atoms with E-state index >= 15 is 0 Å². The van der Waals surface area contributed by atoms with Gasteiger partial charge in [0.25, 0.3) is 5.91 Å². The van der Waals surface area contributed by atoms with Crippen molar-refractivity contribution in [3.05, 3.63) is 90.9 Å². The van der Waals surface area contributed by atoms with Gasteiger partial charge < -0.3 is 10.2 Å². The van der Waals surface area contributed by atoms with Gasteiger partial charge in [-0.15, -0.1) is 0 Å². The van der Waals surface area contributed by atoms with E-state index in [4.69, 9.17) is 0 Å². The van der Waals surface area contributed by atoms with Gasteiger partial charge in [0.15, 0.2) is 0 Å². The van der Waals surface area contributed by atoms with E-state index in [2.05, 4.69) is 78.0 Å². The molecule has 2 rings (SSSR count). The first kappa shape index (κ1) is 35.8. The molecule has 2 amide bonds. The van der Waals surface area contributed by atoms with Gasteiger partial charge in [0.2, 0.25) is 5.91 Å². The quantitative estimate of drug-likeness (QED) is 0.139. The summed E-state index contributed by atoms with van der Waals surface area (Å²) in [5.41, 5.74) is 0.498. The highest BCUT2D eigenvalue weighted by molar-refractivity contribution is 7.59. The minimum Gasteiger partial charge on any atom is -0.354 e. The van der Waals surface area contributed by atoms with Crippen molar-refractivity contribution in [3.8, 4) is 0 Å². The minimum atomic E-state index is -0.452. The molecule has 224 valence electrons. The molecule has 1 atom stereocenters. The second-order valence-electron chi connectivity index (χ2n) is 9.93. The molecule has 0 aliphatic carbocycles. The first-order chi connectivity index (χ1) is 19.6. The van der Waals surface area contributed by atoms with E-state index in [0.717, 1.165) is 51.4 Å². The van der Waals surface area contributed by atoms with E-state index in [9.17, 15) is 14.4 Å². The molecule has 1 N–H and O–H groups in total. The van der Waals surface area contributed by atoms with Crippen molar-refractivity contribution in [2.24, 2.45) is 0 Å². The van der Waals surface area contributed by atoms with Crippen molar-refractivity contribution in [1.29, 1.82) is 0 Å².